The molecule has 0 heterocycles. The molecule has 0 aliphatic rings. The van der Waals surface area contributed by atoms with E-state index in [1.54, 1.807) is 0 Å². The normalized spacial score (nSPS) is 11.0. The molecular formula is C15H11ClFNO6S. The number of rotatable bonds is 5. The predicted octanol–water partition coefficient (Wildman–Crippen LogP) is 2.76. The van der Waals surface area contributed by atoms with E-state index in [0.717, 1.165) is 19.2 Å². The van der Waals surface area contributed by atoms with E-state index in [2.05, 4.69) is 9.46 Å². The summed E-state index contributed by atoms with van der Waals surface area (Å²) in [4.78, 5) is 22.2. The summed E-state index contributed by atoms with van der Waals surface area (Å²) in [5, 5.41) is 9.05. The number of methoxy groups -OCH3 is 1. The molecule has 132 valence electrons. The summed E-state index contributed by atoms with van der Waals surface area (Å²) in [6.07, 6.45) is 0. The third-order valence-corrected chi connectivity index (χ3v) is 4.71. The fraction of sp³-hybridized carbons (Fsp3) is 0.0667. The molecule has 0 unspecified atom stereocenters. The van der Waals surface area contributed by atoms with E-state index >= 15 is 0 Å². The van der Waals surface area contributed by atoms with Crippen molar-refractivity contribution in [3.63, 3.8) is 0 Å². The highest BCUT2D eigenvalue weighted by molar-refractivity contribution is 7.92. The SMILES string of the molecule is COC(=O)c1ccc(Cl)cc1NS(=O)(=O)c1ccc(F)c(C(=O)O)c1. The zero-order valence-electron chi connectivity index (χ0n) is 12.6. The standard InChI is InChI=1S/C15H11ClFNO6S/c1-24-15(21)10-4-2-8(16)6-13(10)18-25(22,23)9-3-5-12(17)11(7-9)14(19)20/h2-7,18H,1H3,(H,19,20). The molecule has 0 atom stereocenters. The number of anilines is 1. The first-order chi connectivity index (χ1) is 11.7. The molecule has 0 spiro atoms. The van der Waals surface area contributed by atoms with Crippen molar-refractivity contribution >= 4 is 39.3 Å². The Morgan fingerprint density at radius 1 is 1.16 bits per heavy atom. The fourth-order valence-corrected chi connectivity index (χ4v) is 3.20. The van der Waals surface area contributed by atoms with E-state index in [4.69, 9.17) is 16.7 Å². The van der Waals surface area contributed by atoms with Gasteiger partial charge in [0.25, 0.3) is 10.0 Å². The van der Waals surface area contributed by atoms with Crippen molar-refractivity contribution in [1.82, 2.24) is 0 Å². The van der Waals surface area contributed by atoms with Crippen LogP contribution in [0.3, 0.4) is 0 Å². The number of ether oxygens (including phenoxy) is 1. The maximum Gasteiger partial charge on any atom is 0.339 e. The Labute approximate surface area is 147 Å². The quantitative estimate of drug-likeness (QED) is 0.763. The van der Waals surface area contributed by atoms with Crippen molar-refractivity contribution in [3.05, 3.63) is 58.4 Å². The van der Waals surface area contributed by atoms with E-state index in [1.807, 2.05) is 0 Å². The monoisotopic (exact) mass is 387 g/mol. The van der Waals surface area contributed by atoms with E-state index in [-0.39, 0.29) is 16.3 Å². The Balaban J connectivity index is 2.50. The minimum atomic E-state index is -4.31. The molecule has 0 amide bonds. The third kappa shape index (κ3) is 4.06. The van der Waals surface area contributed by atoms with Gasteiger partial charge < -0.3 is 9.84 Å². The second-order valence-corrected chi connectivity index (χ2v) is 6.85. The van der Waals surface area contributed by atoms with Crippen LogP contribution >= 0.6 is 11.6 Å². The van der Waals surface area contributed by atoms with Gasteiger partial charge in [0.05, 0.1) is 28.8 Å². The number of esters is 1. The number of carbonyl (C=O) groups excluding carboxylic acids is 1. The highest BCUT2D eigenvalue weighted by atomic mass is 35.5. The van der Waals surface area contributed by atoms with Crippen LogP contribution in [0.15, 0.2) is 41.3 Å². The number of hydrogen-bond acceptors (Lipinski definition) is 5. The van der Waals surface area contributed by atoms with Crippen LogP contribution in [-0.4, -0.2) is 32.6 Å². The van der Waals surface area contributed by atoms with Crippen molar-refractivity contribution < 1.29 is 32.2 Å². The van der Waals surface area contributed by atoms with Crippen LogP contribution < -0.4 is 4.72 Å². The first kappa shape index (κ1) is 18.7. The molecule has 10 heteroatoms. The number of nitrogens with one attached hydrogen (secondary N) is 1. The fourth-order valence-electron chi connectivity index (χ4n) is 1.93. The number of halogens is 2. The lowest BCUT2D eigenvalue weighted by Gasteiger charge is -2.12. The van der Waals surface area contributed by atoms with Gasteiger partial charge in [-0.25, -0.2) is 22.4 Å². The lowest BCUT2D eigenvalue weighted by atomic mass is 10.2. The maximum absolute atomic E-state index is 13.4. The number of sulfonamides is 1. The summed E-state index contributed by atoms with van der Waals surface area (Å²) in [6, 6.07) is 6.10. The smallest absolute Gasteiger partial charge is 0.339 e. The molecule has 0 aromatic heterocycles. The number of carboxylic acids is 1. The van der Waals surface area contributed by atoms with Gasteiger partial charge in [0.2, 0.25) is 0 Å². The molecule has 0 fully saturated rings. The predicted molar refractivity (Wildman–Crippen MR) is 87.0 cm³/mol. The van der Waals surface area contributed by atoms with Gasteiger partial charge >= 0.3 is 11.9 Å². The zero-order valence-corrected chi connectivity index (χ0v) is 14.2. The number of carboxylic acid groups (broad SMARTS) is 1. The molecule has 2 rings (SSSR count). The Morgan fingerprint density at radius 3 is 2.44 bits per heavy atom. The van der Waals surface area contributed by atoms with Crippen LogP contribution in [0.2, 0.25) is 5.02 Å². The minimum absolute atomic E-state index is 0.101. The second-order valence-electron chi connectivity index (χ2n) is 4.73. The number of hydrogen-bond donors (Lipinski definition) is 2. The summed E-state index contributed by atoms with van der Waals surface area (Å²) in [5.41, 5.74) is -1.07. The molecule has 25 heavy (non-hydrogen) atoms. The van der Waals surface area contributed by atoms with Gasteiger partial charge in [-0.2, -0.15) is 0 Å². The van der Waals surface area contributed by atoms with Crippen LogP contribution in [0.4, 0.5) is 10.1 Å². The van der Waals surface area contributed by atoms with Crippen LogP contribution in [0, 0.1) is 5.82 Å². The van der Waals surface area contributed by atoms with E-state index < -0.39 is 38.2 Å². The van der Waals surface area contributed by atoms with Gasteiger partial charge in [-0.05, 0) is 36.4 Å². The Morgan fingerprint density at radius 2 is 1.84 bits per heavy atom. The van der Waals surface area contributed by atoms with Crippen LogP contribution in [-0.2, 0) is 14.8 Å². The number of aromatic carboxylic acids is 1. The lowest BCUT2D eigenvalue weighted by Crippen LogP contribution is -2.17. The summed E-state index contributed by atoms with van der Waals surface area (Å²) in [6.45, 7) is 0. The van der Waals surface area contributed by atoms with Gasteiger partial charge in [0.15, 0.2) is 0 Å². The van der Waals surface area contributed by atoms with Crippen LogP contribution in [0.25, 0.3) is 0 Å². The molecule has 2 N–H and O–H groups in total. The molecule has 0 saturated heterocycles. The van der Waals surface area contributed by atoms with Crippen LogP contribution in [0.5, 0.6) is 0 Å². The van der Waals surface area contributed by atoms with E-state index in [0.29, 0.717) is 6.07 Å². The average molecular weight is 388 g/mol. The topological polar surface area (TPSA) is 110 Å². The second kappa shape index (κ2) is 7.08. The molecule has 0 saturated carbocycles. The van der Waals surface area contributed by atoms with Gasteiger partial charge in [-0.1, -0.05) is 11.6 Å². The Bertz CT molecular complexity index is 960. The molecule has 0 aliphatic heterocycles. The molecule has 2 aromatic rings. The molecule has 0 aliphatic carbocycles. The number of benzene rings is 2. The molecule has 0 bridgehead atoms. The molecule has 7 nitrogen and oxygen atoms in total. The van der Waals surface area contributed by atoms with Gasteiger partial charge in [-0.15, -0.1) is 0 Å². The van der Waals surface area contributed by atoms with Gasteiger partial charge in [-0.3, -0.25) is 4.72 Å². The van der Waals surface area contributed by atoms with Crippen LogP contribution in [0.1, 0.15) is 20.7 Å². The van der Waals surface area contributed by atoms with Gasteiger partial charge in [0, 0.05) is 5.02 Å². The van der Waals surface area contributed by atoms with Crippen molar-refractivity contribution in [2.45, 2.75) is 4.90 Å². The van der Waals surface area contributed by atoms with Crippen molar-refractivity contribution in [2.75, 3.05) is 11.8 Å². The summed E-state index contributed by atoms with van der Waals surface area (Å²) >= 11 is 5.81. The Hall–Kier alpha value is -2.65. The lowest BCUT2D eigenvalue weighted by molar-refractivity contribution is 0.0601. The third-order valence-electron chi connectivity index (χ3n) is 3.11. The highest BCUT2D eigenvalue weighted by Gasteiger charge is 2.22. The van der Waals surface area contributed by atoms with E-state index in [9.17, 15) is 22.4 Å². The summed E-state index contributed by atoms with van der Waals surface area (Å²) < 4.78 is 45.0. The first-order valence-electron chi connectivity index (χ1n) is 6.59. The highest BCUT2D eigenvalue weighted by Crippen LogP contribution is 2.25. The molecule has 2 aromatic carbocycles. The summed E-state index contributed by atoms with van der Waals surface area (Å²) in [5.74, 6) is -3.50. The summed E-state index contributed by atoms with van der Waals surface area (Å²) in [7, 11) is -3.19. The number of carbonyl (C=O) groups is 2. The molecular weight excluding hydrogens is 377 g/mol. The first-order valence-corrected chi connectivity index (χ1v) is 8.45. The Kier molecular flexibility index (Phi) is 5.29. The largest absolute Gasteiger partial charge is 0.478 e. The van der Waals surface area contributed by atoms with Crippen molar-refractivity contribution in [1.29, 1.82) is 0 Å². The van der Waals surface area contributed by atoms with E-state index in [1.165, 1.54) is 18.2 Å². The average Bonchev–Trinajstić information content (AvgIpc) is 2.53. The zero-order chi connectivity index (χ0) is 18.8. The molecule has 0 radical (unpaired) electrons. The van der Waals surface area contributed by atoms with Gasteiger partial charge in [0.1, 0.15) is 5.82 Å². The van der Waals surface area contributed by atoms with Crippen molar-refractivity contribution in [3.8, 4) is 0 Å². The minimum Gasteiger partial charge on any atom is -0.478 e. The maximum atomic E-state index is 13.4. The van der Waals surface area contributed by atoms with Crippen molar-refractivity contribution in [2.24, 2.45) is 0 Å².